The summed E-state index contributed by atoms with van der Waals surface area (Å²) in [6.07, 6.45) is 2.15. The van der Waals surface area contributed by atoms with Gasteiger partial charge in [0.15, 0.2) is 11.6 Å². The number of hydrogen-bond donors (Lipinski definition) is 2. The minimum absolute atomic E-state index is 0.204. The second kappa shape index (κ2) is 7.01. The van der Waals surface area contributed by atoms with Crippen LogP contribution in [0.1, 0.15) is 24.9 Å². The lowest BCUT2D eigenvalue weighted by Gasteiger charge is -2.12. The summed E-state index contributed by atoms with van der Waals surface area (Å²) in [7, 11) is 0. The van der Waals surface area contributed by atoms with Gasteiger partial charge < -0.3 is 20.1 Å². The summed E-state index contributed by atoms with van der Waals surface area (Å²) in [6, 6.07) is 3.43. The van der Waals surface area contributed by atoms with Gasteiger partial charge in [0.05, 0.1) is 17.1 Å². The molecule has 3 rings (SSSR count). The fourth-order valence-electron chi connectivity index (χ4n) is 2.24. The molecule has 10 heteroatoms. The molecule has 0 radical (unpaired) electrons. The maximum Gasteiger partial charge on any atom is 0.239 e. The molecule has 0 bridgehead atoms. The van der Waals surface area contributed by atoms with E-state index in [1.807, 2.05) is 13.8 Å². The van der Waals surface area contributed by atoms with Crippen LogP contribution in [-0.2, 0) is 4.79 Å². The summed E-state index contributed by atoms with van der Waals surface area (Å²) >= 11 is 1.24. The molecule has 3 heterocycles. The number of anilines is 1. The Labute approximate surface area is 147 Å². The molecule has 1 amide bonds. The van der Waals surface area contributed by atoms with E-state index in [1.165, 1.54) is 16.4 Å². The SMILES string of the molecule is CCC(Sc1nnc(-c2ccoc2C)n1N)C(=O)Nc1cc(C)on1. The predicted molar refractivity (Wildman–Crippen MR) is 92.4 cm³/mol. The van der Waals surface area contributed by atoms with Crippen LogP contribution in [0.25, 0.3) is 11.4 Å². The summed E-state index contributed by atoms with van der Waals surface area (Å²) in [4.78, 5) is 12.4. The number of nitrogen functional groups attached to an aromatic ring is 1. The highest BCUT2D eigenvalue weighted by Crippen LogP contribution is 2.28. The summed E-state index contributed by atoms with van der Waals surface area (Å²) in [5.74, 6) is 8.07. The highest BCUT2D eigenvalue weighted by Gasteiger charge is 2.24. The Bertz CT molecular complexity index is 884. The first-order valence-electron chi connectivity index (χ1n) is 7.65. The zero-order valence-corrected chi connectivity index (χ0v) is 14.8. The van der Waals surface area contributed by atoms with Crippen molar-refractivity contribution < 1.29 is 13.7 Å². The molecule has 132 valence electrons. The van der Waals surface area contributed by atoms with Gasteiger partial charge in [-0.3, -0.25) is 4.79 Å². The minimum Gasteiger partial charge on any atom is -0.469 e. The van der Waals surface area contributed by atoms with Crippen molar-refractivity contribution in [1.82, 2.24) is 20.0 Å². The third-order valence-corrected chi connectivity index (χ3v) is 4.88. The van der Waals surface area contributed by atoms with Crippen LogP contribution in [0.4, 0.5) is 5.82 Å². The Hall–Kier alpha value is -2.75. The third kappa shape index (κ3) is 3.53. The minimum atomic E-state index is -0.401. The monoisotopic (exact) mass is 362 g/mol. The number of carbonyl (C=O) groups is 1. The average molecular weight is 362 g/mol. The first-order chi connectivity index (χ1) is 12.0. The van der Waals surface area contributed by atoms with Gasteiger partial charge in [0.25, 0.3) is 0 Å². The highest BCUT2D eigenvalue weighted by molar-refractivity contribution is 8.00. The summed E-state index contributed by atoms with van der Waals surface area (Å²) in [6.45, 7) is 5.48. The quantitative estimate of drug-likeness (QED) is 0.506. The molecule has 0 aliphatic rings. The van der Waals surface area contributed by atoms with Crippen molar-refractivity contribution in [3.05, 3.63) is 29.9 Å². The van der Waals surface area contributed by atoms with Gasteiger partial charge in [-0.2, -0.15) is 0 Å². The van der Waals surface area contributed by atoms with Crippen molar-refractivity contribution in [2.24, 2.45) is 0 Å². The van der Waals surface area contributed by atoms with Crippen LogP contribution >= 0.6 is 11.8 Å². The molecule has 0 aliphatic carbocycles. The predicted octanol–water partition coefficient (Wildman–Crippen LogP) is 2.37. The molecule has 1 atom stereocenters. The van der Waals surface area contributed by atoms with Crippen molar-refractivity contribution in [2.75, 3.05) is 11.2 Å². The number of nitrogens with one attached hydrogen (secondary N) is 1. The molecule has 0 fully saturated rings. The number of aryl methyl sites for hydroxylation is 2. The van der Waals surface area contributed by atoms with Crippen LogP contribution in [0, 0.1) is 13.8 Å². The Balaban J connectivity index is 1.75. The number of carbonyl (C=O) groups excluding carboxylic acids is 1. The summed E-state index contributed by atoms with van der Waals surface area (Å²) < 4.78 is 11.6. The lowest BCUT2D eigenvalue weighted by atomic mass is 10.2. The molecule has 1 unspecified atom stereocenters. The number of nitrogens with zero attached hydrogens (tertiary/aromatic N) is 4. The molecule has 3 aromatic rings. The lowest BCUT2D eigenvalue weighted by molar-refractivity contribution is -0.115. The topological polar surface area (TPSA) is 125 Å². The van der Waals surface area contributed by atoms with Gasteiger partial charge in [-0.25, -0.2) is 4.68 Å². The number of hydrogen-bond acceptors (Lipinski definition) is 8. The Morgan fingerprint density at radius 1 is 1.44 bits per heavy atom. The summed E-state index contributed by atoms with van der Waals surface area (Å²) in [5, 5.41) is 14.7. The molecule has 3 N–H and O–H groups in total. The number of amides is 1. The number of thioether (sulfide) groups is 1. The maximum atomic E-state index is 12.4. The molecular weight excluding hydrogens is 344 g/mol. The van der Waals surface area contributed by atoms with E-state index in [-0.39, 0.29) is 5.91 Å². The summed E-state index contributed by atoms with van der Waals surface area (Å²) in [5.41, 5.74) is 0.762. The molecule has 3 aromatic heterocycles. The number of furan rings is 1. The van der Waals surface area contributed by atoms with Gasteiger partial charge in [0, 0.05) is 6.07 Å². The van der Waals surface area contributed by atoms with E-state index < -0.39 is 5.25 Å². The van der Waals surface area contributed by atoms with Crippen molar-refractivity contribution in [2.45, 2.75) is 37.6 Å². The Morgan fingerprint density at radius 2 is 2.24 bits per heavy atom. The Morgan fingerprint density at radius 3 is 2.84 bits per heavy atom. The molecule has 25 heavy (non-hydrogen) atoms. The number of aromatic nitrogens is 4. The van der Waals surface area contributed by atoms with E-state index in [0.29, 0.717) is 34.7 Å². The van der Waals surface area contributed by atoms with Crippen LogP contribution < -0.4 is 11.2 Å². The van der Waals surface area contributed by atoms with Crippen LogP contribution in [-0.4, -0.2) is 31.2 Å². The van der Waals surface area contributed by atoms with Gasteiger partial charge in [-0.1, -0.05) is 23.8 Å². The molecule has 0 saturated heterocycles. The normalized spacial score (nSPS) is 12.3. The van der Waals surface area contributed by atoms with Gasteiger partial charge in [0.2, 0.25) is 11.1 Å². The third-order valence-electron chi connectivity index (χ3n) is 3.55. The smallest absolute Gasteiger partial charge is 0.239 e. The van der Waals surface area contributed by atoms with Gasteiger partial charge >= 0.3 is 0 Å². The van der Waals surface area contributed by atoms with Crippen molar-refractivity contribution in [3.8, 4) is 11.4 Å². The van der Waals surface area contributed by atoms with Gasteiger partial charge in [-0.15, -0.1) is 10.2 Å². The molecule has 0 aromatic carbocycles. The molecule has 0 spiro atoms. The van der Waals surface area contributed by atoms with Gasteiger partial charge in [-0.05, 0) is 26.3 Å². The molecular formula is C15H18N6O3S. The lowest BCUT2D eigenvalue weighted by Crippen LogP contribution is -2.25. The van der Waals surface area contributed by atoms with E-state index in [9.17, 15) is 4.79 Å². The van der Waals surface area contributed by atoms with Crippen LogP contribution in [0.3, 0.4) is 0 Å². The first kappa shape index (κ1) is 17.1. The molecule has 0 saturated carbocycles. The highest BCUT2D eigenvalue weighted by atomic mass is 32.2. The van der Waals surface area contributed by atoms with Crippen LogP contribution in [0.2, 0.25) is 0 Å². The first-order valence-corrected chi connectivity index (χ1v) is 8.53. The number of nitrogens with two attached hydrogens (primary N) is 1. The van der Waals surface area contributed by atoms with E-state index in [1.54, 1.807) is 25.3 Å². The standard InChI is InChI=1S/C15H18N6O3S/c1-4-11(14(22)17-12-7-8(2)24-20-12)25-15-19-18-13(21(15)16)10-5-6-23-9(10)3/h5-7,11H,4,16H2,1-3H3,(H,17,20,22). The number of rotatable bonds is 6. The van der Waals surface area contributed by atoms with Crippen molar-refractivity contribution in [3.63, 3.8) is 0 Å². The molecule has 9 nitrogen and oxygen atoms in total. The van der Waals surface area contributed by atoms with Gasteiger partial charge in [0.1, 0.15) is 11.5 Å². The zero-order chi connectivity index (χ0) is 18.0. The Kier molecular flexibility index (Phi) is 4.79. The molecule has 0 aliphatic heterocycles. The van der Waals surface area contributed by atoms with E-state index >= 15 is 0 Å². The largest absolute Gasteiger partial charge is 0.469 e. The van der Waals surface area contributed by atoms with Crippen molar-refractivity contribution >= 4 is 23.5 Å². The van der Waals surface area contributed by atoms with Crippen LogP contribution in [0.15, 0.2) is 32.5 Å². The maximum absolute atomic E-state index is 12.4. The second-order valence-electron chi connectivity index (χ2n) is 5.39. The zero-order valence-electron chi connectivity index (χ0n) is 14.0. The van der Waals surface area contributed by atoms with Crippen molar-refractivity contribution in [1.29, 1.82) is 0 Å². The fraction of sp³-hybridized carbons (Fsp3) is 0.333. The van der Waals surface area contributed by atoms with E-state index in [4.69, 9.17) is 14.8 Å². The second-order valence-corrected chi connectivity index (χ2v) is 6.56. The fourth-order valence-corrected chi connectivity index (χ4v) is 3.11. The average Bonchev–Trinajstić information content (AvgIpc) is 3.27. The van der Waals surface area contributed by atoms with E-state index in [0.717, 1.165) is 5.56 Å². The van der Waals surface area contributed by atoms with Crippen LogP contribution in [0.5, 0.6) is 0 Å². The van der Waals surface area contributed by atoms with E-state index in [2.05, 4.69) is 20.7 Å².